The lowest BCUT2D eigenvalue weighted by molar-refractivity contribution is 0.414. The van der Waals surface area contributed by atoms with Crippen LogP contribution in [0.3, 0.4) is 0 Å². The second-order valence-corrected chi connectivity index (χ2v) is 8.43. The third-order valence-electron chi connectivity index (χ3n) is 6.14. The van der Waals surface area contributed by atoms with Crippen molar-refractivity contribution < 1.29 is 4.74 Å². The molecule has 7 heteroatoms. The lowest BCUT2D eigenvalue weighted by atomic mass is 9.96. The largest absolute Gasteiger partial charge is 0.495 e. The fourth-order valence-electron chi connectivity index (χ4n) is 4.73. The summed E-state index contributed by atoms with van der Waals surface area (Å²) < 4.78 is 7.94. The molecule has 0 spiro atoms. The quantitative estimate of drug-likeness (QED) is 0.424. The number of aromatic nitrogens is 3. The van der Waals surface area contributed by atoms with Gasteiger partial charge < -0.3 is 19.5 Å². The highest BCUT2D eigenvalue weighted by atomic mass is 32.1. The zero-order valence-corrected chi connectivity index (χ0v) is 19.6. The van der Waals surface area contributed by atoms with Gasteiger partial charge >= 0.3 is 0 Å². The zero-order valence-electron chi connectivity index (χ0n) is 18.8. The van der Waals surface area contributed by atoms with Crippen LogP contribution in [0.2, 0.25) is 0 Å². The molecule has 0 unspecified atom stereocenters. The van der Waals surface area contributed by atoms with E-state index in [0.717, 1.165) is 34.2 Å². The highest BCUT2D eigenvalue weighted by Crippen LogP contribution is 2.45. The van der Waals surface area contributed by atoms with Gasteiger partial charge in [-0.05, 0) is 74.1 Å². The maximum atomic E-state index is 5.88. The minimum absolute atomic E-state index is 0.111. The van der Waals surface area contributed by atoms with Gasteiger partial charge in [0.25, 0.3) is 0 Å². The molecule has 2 atom stereocenters. The van der Waals surface area contributed by atoms with Gasteiger partial charge in [-0.15, -0.1) is 0 Å². The summed E-state index contributed by atoms with van der Waals surface area (Å²) in [6.45, 7) is 4.26. The third kappa shape index (κ3) is 3.64. The molecular weight excluding hydrogens is 430 g/mol. The number of rotatable bonds is 5. The summed E-state index contributed by atoms with van der Waals surface area (Å²) >= 11 is 5.88. The zero-order chi connectivity index (χ0) is 22.9. The van der Waals surface area contributed by atoms with Crippen LogP contribution in [-0.4, -0.2) is 26.8 Å². The number of methoxy groups -OCH3 is 1. The molecule has 1 saturated heterocycles. The van der Waals surface area contributed by atoms with Crippen LogP contribution in [0.25, 0.3) is 5.69 Å². The second kappa shape index (κ2) is 8.67. The monoisotopic (exact) mass is 455 g/mol. The lowest BCUT2D eigenvalue weighted by Gasteiger charge is -2.29. The van der Waals surface area contributed by atoms with Gasteiger partial charge in [-0.1, -0.05) is 18.2 Å². The van der Waals surface area contributed by atoms with E-state index in [4.69, 9.17) is 17.0 Å². The Morgan fingerprint density at radius 2 is 1.82 bits per heavy atom. The van der Waals surface area contributed by atoms with Crippen molar-refractivity contribution in [2.75, 3.05) is 12.0 Å². The number of para-hydroxylation sites is 2. The first-order valence-corrected chi connectivity index (χ1v) is 11.2. The maximum Gasteiger partial charge on any atom is 0.174 e. The lowest BCUT2D eigenvalue weighted by Crippen LogP contribution is -2.30. The summed E-state index contributed by atoms with van der Waals surface area (Å²) in [5.74, 6) is 0.773. The van der Waals surface area contributed by atoms with Crippen LogP contribution in [0.1, 0.15) is 34.7 Å². The van der Waals surface area contributed by atoms with Crippen molar-refractivity contribution in [3.05, 3.63) is 102 Å². The summed E-state index contributed by atoms with van der Waals surface area (Å²) in [6.07, 6.45) is 5.50. The molecule has 5 rings (SSSR count). The summed E-state index contributed by atoms with van der Waals surface area (Å²) in [4.78, 5) is 11.1. The highest BCUT2D eigenvalue weighted by Gasteiger charge is 2.43. The number of thiocarbonyl (C=S) groups is 1. The summed E-state index contributed by atoms with van der Waals surface area (Å²) in [5.41, 5.74) is 6.34. The van der Waals surface area contributed by atoms with E-state index in [1.807, 2.05) is 60.9 Å². The first-order valence-electron chi connectivity index (χ1n) is 10.8. The third-order valence-corrected chi connectivity index (χ3v) is 6.45. The molecule has 1 N–H and O–H groups in total. The Labute approximate surface area is 198 Å². The number of anilines is 1. The Hall–Kier alpha value is -3.71. The first-order chi connectivity index (χ1) is 16.1. The maximum absolute atomic E-state index is 5.88. The van der Waals surface area contributed by atoms with E-state index in [2.05, 4.69) is 50.7 Å². The van der Waals surface area contributed by atoms with Crippen LogP contribution in [0, 0.1) is 13.8 Å². The van der Waals surface area contributed by atoms with E-state index in [9.17, 15) is 0 Å². The van der Waals surface area contributed by atoms with Gasteiger partial charge in [0, 0.05) is 23.8 Å². The Morgan fingerprint density at radius 3 is 2.55 bits per heavy atom. The molecule has 0 aliphatic carbocycles. The molecule has 3 aromatic heterocycles. The molecule has 1 aliphatic rings. The van der Waals surface area contributed by atoms with E-state index in [1.54, 1.807) is 13.3 Å². The predicted molar refractivity (Wildman–Crippen MR) is 134 cm³/mol. The predicted octanol–water partition coefficient (Wildman–Crippen LogP) is 5.07. The molecule has 0 amide bonds. The molecule has 33 heavy (non-hydrogen) atoms. The number of ether oxygens (including phenoxy) is 1. The van der Waals surface area contributed by atoms with Crippen LogP contribution in [0.4, 0.5) is 5.69 Å². The topological polar surface area (TPSA) is 55.2 Å². The summed E-state index contributed by atoms with van der Waals surface area (Å²) in [7, 11) is 1.69. The number of nitrogens with zero attached hydrogens (tertiary/aromatic N) is 4. The van der Waals surface area contributed by atoms with Crippen LogP contribution >= 0.6 is 12.2 Å². The van der Waals surface area contributed by atoms with Crippen molar-refractivity contribution in [2.45, 2.75) is 25.9 Å². The van der Waals surface area contributed by atoms with Gasteiger partial charge in [0.15, 0.2) is 5.11 Å². The molecule has 0 saturated carbocycles. The van der Waals surface area contributed by atoms with Gasteiger partial charge in [-0.2, -0.15) is 0 Å². The van der Waals surface area contributed by atoms with Crippen molar-refractivity contribution in [1.82, 2.24) is 19.9 Å². The molecule has 1 fully saturated rings. The average Bonchev–Trinajstić information content (AvgIpc) is 3.35. The van der Waals surface area contributed by atoms with E-state index in [0.29, 0.717) is 5.11 Å². The molecule has 0 bridgehead atoms. The smallest absolute Gasteiger partial charge is 0.174 e. The van der Waals surface area contributed by atoms with Crippen LogP contribution in [0.5, 0.6) is 5.75 Å². The Kier molecular flexibility index (Phi) is 5.56. The van der Waals surface area contributed by atoms with Crippen molar-refractivity contribution in [2.24, 2.45) is 0 Å². The number of hydrogen-bond donors (Lipinski definition) is 1. The fourth-order valence-corrected chi connectivity index (χ4v) is 5.07. The molecule has 1 aliphatic heterocycles. The number of aryl methyl sites for hydroxylation is 1. The Balaban J connectivity index is 1.71. The molecule has 166 valence electrons. The van der Waals surface area contributed by atoms with E-state index >= 15 is 0 Å². The second-order valence-electron chi connectivity index (χ2n) is 8.04. The van der Waals surface area contributed by atoms with E-state index in [-0.39, 0.29) is 12.1 Å². The number of pyridine rings is 2. The van der Waals surface area contributed by atoms with Gasteiger partial charge in [0.2, 0.25) is 0 Å². The van der Waals surface area contributed by atoms with Crippen LogP contribution in [0.15, 0.2) is 79.3 Å². The SMILES string of the molecule is COc1ccccc1N1C(=S)N[C@@H](c2ccccn2)[C@H]1c1cc(C)n(-c2cccnc2)c1C. The average molecular weight is 456 g/mol. The fraction of sp³-hybridized carbons (Fsp3) is 0.192. The summed E-state index contributed by atoms with van der Waals surface area (Å²) in [6, 6.07) is 20.0. The van der Waals surface area contributed by atoms with E-state index < -0.39 is 0 Å². The van der Waals surface area contributed by atoms with Gasteiger partial charge in [-0.25, -0.2) is 0 Å². The van der Waals surface area contributed by atoms with Crippen molar-refractivity contribution in [3.63, 3.8) is 0 Å². The van der Waals surface area contributed by atoms with Crippen LogP contribution in [-0.2, 0) is 0 Å². The van der Waals surface area contributed by atoms with Crippen molar-refractivity contribution in [1.29, 1.82) is 0 Å². The van der Waals surface area contributed by atoms with Crippen molar-refractivity contribution >= 4 is 23.0 Å². The molecular formula is C26H25N5OS. The van der Waals surface area contributed by atoms with Crippen LogP contribution < -0.4 is 15.0 Å². The number of benzene rings is 1. The first kappa shape index (κ1) is 21.2. The molecule has 6 nitrogen and oxygen atoms in total. The molecule has 0 radical (unpaired) electrons. The number of hydrogen-bond acceptors (Lipinski definition) is 4. The molecule has 1 aromatic carbocycles. The minimum atomic E-state index is -0.119. The Bertz CT molecular complexity index is 1290. The van der Waals surface area contributed by atoms with Gasteiger partial charge in [0.1, 0.15) is 5.75 Å². The van der Waals surface area contributed by atoms with Crippen molar-refractivity contribution in [3.8, 4) is 11.4 Å². The summed E-state index contributed by atoms with van der Waals surface area (Å²) in [5, 5.41) is 4.18. The Morgan fingerprint density at radius 1 is 1.00 bits per heavy atom. The highest BCUT2D eigenvalue weighted by molar-refractivity contribution is 7.80. The number of nitrogens with one attached hydrogen (secondary N) is 1. The molecule has 4 heterocycles. The minimum Gasteiger partial charge on any atom is -0.495 e. The molecule has 4 aromatic rings. The standard InChI is InChI=1S/C26H25N5OS/c1-17-15-20(18(2)30(17)19-9-8-13-27-16-19)25-24(21-10-6-7-14-28-21)29-26(33)31(25)22-11-4-5-12-23(22)32-3/h4-16,24-25H,1-3H3,(H,29,33)/t24-,25+/m0/s1. The van der Waals surface area contributed by atoms with E-state index in [1.165, 1.54) is 5.56 Å². The normalized spacial score (nSPS) is 17.8. The van der Waals surface area contributed by atoms with Gasteiger partial charge in [-0.3, -0.25) is 9.97 Å². The van der Waals surface area contributed by atoms with Gasteiger partial charge in [0.05, 0.1) is 42.5 Å².